The summed E-state index contributed by atoms with van der Waals surface area (Å²) in [5.41, 5.74) is 0. The normalized spacial score (nSPS) is 53.9. The largest absolute Gasteiger partial charge is 0.382 e. The lowest BCUT2D eigenvalue weighted by Crippen LogP contribution is -2.49. The number of aliphatic hydroxyl groups is 1. The van der Waals surface area contributed by atoms with Gasteiger partial charge in [0.2, 0.25) is 0 Å². The number of rotatable bonds is 0. The summed E-state index contributed by atoms with van der Waals surface area (Å²) in [6.07, 6.45) is -2.59. The first kappa shape index (κ1) is 8.79. The number of fused-ring (bicyclic) bond motifs is 3. The third-order valence-electron chi connectivity index (χ3n) is 2.90. The molecule has 0 amide bonds. The second-order valence-corrected chi connectivity index (χ2v) is 4.43. The summed E-state index contributed by atoms with van der Waals surface area (Å²) in [5.74, 6) is -1.08. The van der Waals surface area contributed by atoms with Gasteiger partial charge in [-0.05, 0) is 13.8 Å². The fourth-order valence-electron chi connectivity index (χ4n) is 2.23. The predicted molar refractivity (Wildman–Crippen MR) is 43.5 cm³/mol. The van der Waals surface area contributed by atoms with Crippen LogP contribution in [0.5, 0.6) is 0 Å². The number of carbonyl (C=O) groups is 1. The molecule has 0 aromatic rings. The Bertz CT molecular complexity index is 300. The van der Waals surface area contributed by atoms with E-state index in [1.807, 2.05) is 0 Å². The van der Waals surface area contributed by atoms with Crippen molar-refractivity contribution >= 4 is 5.78 Å². The molecule has 0 aromatic heterocycles. The van der Waals surface area contributed by atoms with Crippen molar-refractivity contribution in [2.24, 2.45) is 0 Å². The van der Waals surface area contributed by atoms with E-state index in [0.717, 1.165) is 0 Å². The Kier molecular flexibility index (Phi) is 1.48. The Labute approximate surface area is 80.9 Å². The molecule has 0 bridgehead atoms. The predicted octanol–water partition coefficient (Wildman–Crippen LogP) is -0.783. The van der Waals surface area contributed by atoms with Crippen LogP contribution in [0.2, 0.25) is 0 Å². The minimum Gasteiger partial charge on any atom is -0.382 e. The monoisotopic (exact) mass is 200 g/mol. The van der Waals surface area contributed by atoms with Gasteiger partial charge in [-0.15, -0.1) is 0 Å². The summed E-state index contributed by atoms with van der Waals surface area (Å²) >= 11 is 0. The maximum absolute atomic E-state index is 11.6. The molecule has 5 heteroatoms. The quantitative estimate of drug-likeness (QED) is 0.519. The van der Waals surface area contributed by atoms with Crippen molar-refractivity contribution in [3.05, 3.63) is 0 Å². The molecule has 3 fully saturated rings. The van der Waals surface area contributed by atoms with Crippen LogP contribution in [0.1, 0.15) is 13.8 Å². The standard InChI is InChI=1S/C9H12O5/c1-9(2)13-6-4(11)3(10)5-7(12-5)8(6)14-9/h3,5-8,10H,1-2H3/t3-,5-,6-,7-,8-/m1/s1. The van der Waals surface area contributed by atoms with E-state index in [9.17, 15) is 9.90 Å². The molecule has 2 saturated heterocycles. The average Bonchev–Trinajstić information content (AvgIpc) is 2.81. The van der Waals surface area contributed by atoms with Gasteiger partial charge in [-0.2, -0.15) is 0 Å². The Morgan fingerprint density at radius 1 is 1.21 bits per heavy atom. The zero-order valence-corrected chi connectivity index (χ0v) is 7.97. The van der Waals surface area contributed by atoms with Gasteiger partial charge in [0.05, 0.1) is 0 Å². The molecule has 2 aliphatic heterocycles. The van der Waals surface area contributed by atoms with Crippen molar-refractivity contribution in [3.8, 4) is 0 Å². The zero-order chi connectivity index (χ0) is 10.1. The Morgan fingerprint density at radius 2 is 1.93 bits per heavy atom. The van der Waals surface area contributed by atoms with Gasteiger partial charge in [0.25, 0.3) is 0 Å². The Hall–Kier alpha value is -0.490. The molecule has 14 heavy (non-hydrogen) atoms. The van der Waals surface area contributed by atoms with E-state index in [-0.39, 0.29) is 24.1 Å². The van der Waals surface area contributed by atoms with E-state index in [4.69, 9.17) is 14.2 Å². The summed E-state index contributed by atoms with van der Waals surface area (Å²) in [5, 5.41) is 9.50. The smallest absolute Gasteiger partial charge is 0.195 e. The number of epoxide rings is 1. The third-order valence-corrected chi connectivity index (χ3v) is 2.90. The number of Topliss-reactive ketones (excluding diaryl/α,β-unsaturated/α-hetero) is 1. The summed E-state index contributed by atoms with van der Waals surface area (Å²) in [7, 11) is 0. The summed E-state index contributed by atoms with van der Waals surface area (Å²) in [6, 6.07) is 0. The van der Waals surface area contributed by atoms with Crippen LogP contribution in [0.4, 0.5) is 0 Å². The second kappa shape index (κ2) is 2.36. The van der Waals surface area contributed by atoms with Crippen molar-refractivity contribution in [2.45, 2.75) is 50.2 Å². The fraction of sp³-hybridized carbons (Fsp3) is 0.889. The summed E-state index contributed by atoms with van der Waals surface area (Å²) < 4.78 is 16.2. The lowest BCUT2D eigenvalue weighted by Gasteiger charge is -2.20. The molecule has 5 nitrogen and oxygen atoms in total. The zero-order valence-electron chi connectivity index (χ0n) is 7.97. The molecule has 0 spiro atoms. The van der Waals surface area contributed by atoms with Crippen molar-refractivity contribution in [1.29, 1.82) is 0 Å². The van der Waals surface area contributed by atoms with Gasteiger partial charge in [-0.25, -0.2) is 0 Å². The molecule has 3 rings (SSSR count). The van der Waals surface area contributed by atoms with E-state index in [1.54, 1.807) is 13.8 Å². The van der Waals surface area contributed by atoms with E-state index in [1.165, 1.54) is 0 Å². The van der Waals surface area contributed by atoms with Gasteiger partial charge in [0.1, 0.15) is 24.4 Å². The first-order chi connectivity index (χ1) is 6.49. The van der Waals surface area contributed by atoms with Gasteiger partial charge in [-0.3, -0.25) is 4.79 Å². The number of ketones is 1. The minimum absolute atomic E-state index is 0.172. The second-order valence-electron chi connectivity index (χ2n) is 4.43. The van der Waals surface area contributed by atoms with Crippen LogP contribution >= 0.6 is 0 Å². The average molecular weight is 200 g/mol. The maximum atomic E-state index is 11.6. The van der Waals surface area contributed by atoms with E-state index < -0.39 is 18.0 Å². The van der Waals surface area contributed by atoms with Crippen molar-refractivity contribution in [1.82, 2.24) is 0 Å². The SMILES string of the molecule is CC1(C)O[C@H]2[C@@H]3O[C@@H]3[C@H](O)C(=O)[C@H]2O1. The highest BCUT2D eigenvalue weighted by Crippen LogP contribution is 2.44. The molecule has 0 unspecified atom stereocenters. The lowest BCUT2D eigenvalue weighted by atomic mass is 9.91. The van der Waals surface area contributed by atoms with Crippen LogP contribution in [-0.4, -0.2) is 47.2 Å². The van der Waals surface area contributed by atoms with E-state index in [2.05, 4.69) is 0 Å². The number of ether oxygens (including phenoxy) is 3. The maximum Gasteiger partial charge on any atom is 0.195 e. The van der Waals surface area contributed by atoms with Crippen LogP contribution in [0, 0.1) is 0 Å². The van der Waals surface area contributed by atoms with Crippen LogP contribution in [0.3, 0.4) is 0 Å². The fourth-order valence-corrected chi connectivity index (χ4v) is 2.23. The van der Waals surface area contributed by atoms with Crippen molar-refractivity contribution in [3.63, 3.8) is 0 Å². The highest BCUT2D eigenvalue weighted by atomic mass is 16.8. The molecule has 0 radical (unpaired) electrons. The highest BCUT2D eigenvalue weighted by molar-refractivity contribution is 5.90. The van der Waals surface area contributed by atoms with Crippen LogP contribution in [0.25, 0.3) is 0 Å². The first-order valence-electron chi connectivity index (χ1n) is 4.72. The van der Waals surface area contributed by atoms with Crippen molar-refractivity contribution < 1.29 is 24.1 Å². The molecular formula is C9H12O5. The van der Waals surface area contributed by atoms with E-state index in [0.29, 0.717) is 0 Å². The minimum atomic E-state index is -1.04. The third kappa shape index (κ3) is 1.01. The van der Waals surface area contributed by atoms with Gasteiger partial charge < -0.3 is 19.3 Å². The molecule has 1 aliphatic carbocycles. The van der Waals surface area contributed by atoms with E-state index >= 15 is 0 Å². The van der Waals surface area contributed by atoms with Gasteiger partial charge >= 0.3 is 0 Å². The molecule has 1 N–H and O–H groups in total. The molecule has 5 atom stereocenters. The van der Waals surface area contributed by atoms with Crippen LogP contribution in [-0.2, 0) is 19.0 Å². The van der Waals surface area contributed by atoms with Crippen LogP contribution in [0.15, 0.2) is 0 Å². The molecule has 78 valence electrons. The summed E-state index contributed by atoms with van der Waals surface area (Å²) in [4.78, 5) is 11.6. The van der Waals surface area contributed by atoms with Crippen molar-refractivity contribution in [2.75, 3.05) is 0 Å². The highest BCUT2D eigenvalue weighted by Gasteiger charge is 2.65. The van der Waals surface area contributed by atoms with Gasteiger partial charge in [0.15, 0.2) is 17.7 Å². The molecular weight excluding hydrogens is 188 g/mol. The molecule has 0 aromatic carbocycles. The number of aliphatic hydroxyl groups excluding tert-OH is 1. The first-order valence-corrected chi connectivity index (χ1v) is 4.72. The molecule has 1 saturated carbocycles. The molecule has 2 heterocycles. The Balaban J connectivity index is 1.91. The van der Waals surface area contributed by atoms with Crippen LogP contribution < -0.4 is 0 Å². The van der Waals surface area contributed by atoms with Gasteiger partial charge in [0, 0.05) is 0 Å². The lowest BCUT2D eigenvalue weighted by molar-refractivity contribution is -0.158. The number of hydrogen-bond acceptors (Lipinski definition) is 5. The molecule has 3 aliphatic rings. The summed E-state index contributed by atoms with van der Waals surface area (Å²) in [6.45, 7) is 3.50. The number of carbonyl (C=O) groups excluding carboxylic acids is 1. The Morgan fingerprint density at radius 3 is 2.64 bits per heavy atom. The number of hydrogen-bond donors (Lipinski definition) is 1. The topological polar surface area (TPSA) is 68.3 Å². The van der Waals surface area contributed by atoms with Gasteiger partial charge in [-0.1, -0.05) is 0 Å².